The summed E-state index contributed by atoms with van der Waals surface area (Å²) in [7, 11) is 0. The van der Waals surface area contributed by atoms with Gasteiger partial charge in [-0.1, -0.05) is 157 Å². The van der Waals surface area contributed by atoms with Crippen molar-refractivity contribution in [2.75, 3.05) is 0 Å². The lowest BCUT2D eigenvalue weighted by Crippen LogP contribution is -1.91. The molecule has 0 bridgehead atoms. The van der Waals surface area contributed by atoms with Crippen LogP contribution in [0.4, 0.5) is 0 Å². The zero-order valence-corrected chi connectivity index (χ0v) is 29.2. The van der Waals surface area contributed by atoms with E-state index < -0.39 is 109 Å². The highest BCUT2D eigenvalue weighted by Crippen LogP contribution is 2.47. The minimum absolute atomic E-state index is 0.0581. The van der Waals surface area contributed by atoms with E-state index in [1.807, 2.05) is 48.5 Å². The van der Waals surface area contributed by atoms with Gasteiger partial charge in [0.15, 0.2) is 0 Å². The second kappa shape index (κ2) is 12.9. The molecule has 11 rings (SSSR count). The normalized spacial score (nSPS) is 16.2. The van der Waals surface area contributed by atoms with E-state index in [0.29, 0.717) is 38.9 Å². The number of pyridine rings is 2. The van der Waals surface area contributed by atoms with Crippen molar-refractivity contribution in [1.82, 2.24) is 9.97 Å². The summed E-state index contributed by atoms with van der Waals surface area (Å²) in [6.07, 6.45) is 1.70. The summed E-state index contributed by atoms with van der Waals surface area (Å²) in [6.45, 7) is 0. The maximum absolute atomic E-state index is 9.78. The van der Waals surface area contributed by atoms with Gasteiger partial charge in [0.2, 0.25) is 0 Å². The fourth-order valence-electron chi connectivity index (χ4n) is 7.23. The Labute approximate surface area is 347 Å². The van der Waals surface area contributed by atoms with E-state index in [9.17, 15) is 12.3 Å². The Balaban J connectivity index is 1.19. The largest absolute Gasteiger partial charge is 0.254 e. The molecule has 0 aliphatic carbocycles. The van der Waals surface area contributed by atoms with Crippen LogP contribution >= 0.6 is 11.3 Å². The number of nitrogens with zero attached hydrogens (tertiary/aromatic N) is 2. The first-order chi connectivity index (χ1) is 34.8. The molecule has 0 spiro atoms. The zero-order valence-electron chi connectivity index (χ0n) is 46.4. The Kier molecular flexibility index (Phi) is 4.31. The number of rotatable bonds is 5. The van der Waals surface area contributed by atoms with E-state index in [-0.39, 0.29) is 59.1 Å². The fraction of sp³-hybridized carbons (Fsp3) is 0. The van der Waals surface area contributed by atoms with E-state index in [0.717, 1.165) is 27.9 Å². The van der Waals surface area contributed by atoms with Gasteiger partial charge in [0.1, 0.15) is 0 Å². The van der Waals surface area contributed by atoms with Gasteiger partial charge in [0, 0.05) is 37.9 Å². The van der Waals surface area contributed by atoms with Crippen LogP contribution in [0.2, 0.25) is 0 Å². The van der Waals surface area contributed by atoms with E-state index in [2.05, 4.69) is 4.98 Å². The SMILES string of the molecule is [2H]c1cc(-c2c3c([2H])c([2H])c([2H])c([2H])c3c(-c3sc(-c4c([2H])c([2H])c([2H])c(-c5ccc(-c6ccc7ccc8cccnc8c7n6)c6ccccc56)c4[2H])c([2H])c3[2H])c3c([2H])c([2H])c([2H])c([2H])c23)c([2H])c([2H])c1[2H]. The Bertz CT molecular complexity index is 4240. The number of hydrogen-bond donors (Lipinski definition) is 0. The maximum atomic E-state index is 9.78. The molecule has 0 saturated heterocycles. The fourth-order valence-corrected chi connectivity index (χ4v) is 8.15. The lowest BCUT2D eigenvalue weighted by atomic mass is 9.88. The summed E-state index contributed by atoms with van der Waals surface area (Å²) < 4.78 is 163. The molecule has 0 aliphatic rings. The smallest absolute Gasteiger partial charge is 0.0972 e. The van der Waals surface area contributed by atoms with E-state index >= 15 is 0 Å². The van der Waals surface area contributed by atoms with Gasteiger partial charge in [-0.05, 0) is 90.4 Å². The minimum atomic E-state index is -0.772. The summed E-state index contributed by atoms with van der Waals surface area (Å²) in [4.78, 5) is 9.18. The monoisotopic (exact) mass is 734 g/mol. The number of fused-ring (bicyclic) bond motifs is 6. The molecule has 3 aromatic heterocycles. The van der Waals surface area contributed by atoms with Crippen molar-refractivity contribution in [2.45, 2.75) is 0 Å². The Hall–Kier alpha value is -6.94. The van der Waals surface area contributed by atoms with Crippen LogP contribution in [0, 0.1) is 0 Å². The van der Waals surface area contributed by atoms with Crippen LogP contribution < -0.4 is 0 Å². The third kappa shape index (κ3) is 5.24. The average Bonchev–Trinajstić information content (AvgIpc) is 3.68. The summed E-state index contributed by atoms with van der Waals surface area (Å²) in [6, 6.07) is 11.6. The van der Waals surface area contributed by atoms with Gasteiger partial charge >= 0.3 is 0 Å². The molecule has 0 radical (unpaired) electrons. The van der Waals surface area contributed by atoms with Crippen LogP contribution in [-0.2, 0) is 0 Å². The van der Waals surface area contributed by atoms with Crippen LogP contribution in [0.25, 0.3) is 109 Å². The van der Waals surface area contributed by atoms with Crippen LogP contribution in [-0.4, -0.2) is 9.97 Å². The predicted octanol–water partition coefficient (Wildman–Crippen LogP) is 14.6. The average molecular weight is 735 g/mol. The van der Waals surface area contributed by atoms with Crippen molar-refractivity contribution in [3.63, 3.8) is 0 Å². The van der Waals surface area contributed by atoms with E-state index in [1.54, 1.807) is 30.5 Å². The number of hydrogen-bond acceptors (Lipinski definition) is 3. The Morgan fingerprint density at radius 1 is 0.418 bits per heavy atom. The number of benzene rings is 8. The summed E-state index contributed by atoms with van der Waals surface area (Å²) in [5.41, 5.74) is 1.77. The third-order valence-electron chi connectivity index (χ3n) is 9.67. The molecule has 0 aliphatic heterocycles. The summed E-state index contributed by atoms with van der Waals surface area (Å²) in [5.74, 6) is 0. The van der Waals surface area contributed by atoms with Crippen LogP contribution in [0.3, 0.4) is 0 Å². The molecule has 0 amide bonds. The molecule has 0 saturated carbocycles. The molecular formula is C52H32N2S. The van der Waals surface area contributed by atoms with Crippen LogP contribution in [0.5, 0.6) is 0 Å². The number of aromatic nitrogens is 2. The highest BCUT2D eigenvalue weighted by molar-refractivity contribution is 7.19. The van der Waals surface area contributed by atoms with Gasteiger partial charge in [-0.2, -0.15) is 0 Å². The van der Waals surface area contributed by atoms with Crippen molar-refractivity contribution in [2.24, 2.45) is 0 Å². The first-order valence-corrected chi connectivity index (χ1v) is 18.0. The molecule has 0 N–H and O–H groups in total. The Morgan fingerprint density at radius 3 is 1.85 bits per heavy atom. The molecule has 11 aromatic rings. The predicted molar refractivity (Wildman–Crippen MR) is 235 cm³/mol. The van der Waals surface area contributed by atoms with Crippen molar-refractivity contribution in [1.29, 1.82) is 0 Å². The molecule has 3 heteroatoms. The minimum Gasteiger partial charge on any atom is -0.254 e. The van der Waals surface area contributed by atoms with Gasteiger partial charge in [0.05, 0.1) is 41.4 Å². The van der Waals surface area contributed by atoms with Gasteiger partial charge in [-0.25, -0.2) is 4.98 Å². The van der Waals surface area contributed by atoms with E-state index in [4.69, 9.17) is 17.3 Å². The van der Waals surface area contributed by atoms with E-state index in [1.165, 1.54) is 0 Å². The van der Waals surface area contributed by atoms with Gasteiger partial charge in [-0.15, -0.1) is 11.3 Å². The maximum Gasteiger partial charge on any atom is 0.0972 e. The first kappa shape index (κ1) is 18.4. The molecule has 0 atom stereocenters. The van der Waals surface area contributed by atoms with Crippen molar-refractivity contribution >= 4 is 65.5 Å². The molecule has 8 aromatic carbocycles. The summed E-state index contributed by atoms with van der Waals surface area (Å²) in [5, 5.41) is 1.53. The van der Waals surface area contributed by atoms with Crippen molar-refractivity contribution in [3.05, 3.63) is 194 Å². The molecule has 256 valence electrons. The van der Waals surface area contributed by atoms with Crippen molar-refractivity contribution < 1.29 is 24.7 Å². The van der Waals surface area contributed by atoms with Crippen molar-refractivity contribution in [3.8, 4) is 54.4 Å². The van der Waals surface area contributed by atoms with Gasteiger partial charge in [0.25, 0.3) is 0 Å². The lowest BCUT2D eigenvalue weighted by molar-refractivity contribution is 1.37. The molecule has 3 heterocycles. The zero-order chi connectivity index (χ0) is 52.0. The Morgan fingerprint density at radius 2 is 1.05 bits per heavy atom. The second-order valence-electron chi connectivity index (χ2n) is 12.7. The molecule has 2 nitrogen and oxygen atoms in total. The van der Waals surface area contributed by atoms with Crippen LogP contribution in [0.1, 0.15) is 24.7 Å². The topological polar surface area (TPSA) is 25.8 Å². The highest BCUT2D eigenvalue weighted by atomic mass is 32.1. The number of thiophene rings is 1. The molecular weight excluding hydrogens is 685 g/mol. The van der Waals surface area contributed by atoms with Crippen LogP contribution in [0.15, 0.2) is 194 Å². The standard InChI is InChI=1S/C52H32N2S/c1-2-12-33(13-3-1)49-42-19-6-8-21-44(42)50(45-22-9-7-20-43(45)49)48-30-29-47(55-48)37-15-10-14-36(32-37)38-26-27-41(40-18-5-4-17-39(38)40)46-28-25-35-24-23-34-16-11-31-53-51(34)52(35)54-46/h1-32H/i1D,2D,3D,6D,7D,8D,9D,10D,12D,14D,15D,19D,20D,21D,22D,29D,30D,32D. The molecule has 0 unspecified atom stereocenters. The molecule has 0 fully saturated rings. The highest BCUT2D eigenvalue weighted by Gasteiger charge is 2.18. The second-order valence-corrected chi connectivity index (χ2v) is 13.7. The summed E-state index contributed by atoms with van der Waals surface area (Å²) >= 11 is 0.635. The molecule has 55 heavy (non-hydrogen) atoms. The lowest BCUT2D eigenvalue weighted by Gasteiger charge is -2.16. The first-order valence-electron chi connectivity index (χ1n) is 26.2. The van der Waals surface area contributed by atoms with Gasteiger partial charge in [-0.3, -0.25) is 4.98 Å². The van der Waals surface area contributed by atoms with Gasteiger partial charge < -0.3 is 0 Å². The third-order valence-corrected chi connectivity index (χ3v) is 10.7. The quantitative estimate of drug-likeness (QED) is 0.130.